The van der Waals surface area contributed by atoms with Gasteiger partial charge in [-0.15, -0.1) is 0 Å². The van der Waals surface area contributed by atoms with Crippen LogP contribution in [-0.2, 0) is 9.59 Å². The van der Waals surface area contributed by atoms with E-state index in [4.69, 9.17) is 0 Å². The Labute approximate surface area is 142 Å². The van der Waals surface area contributed by atoms with Gasteiger partial charge in [-0.1, -0.05) is 22.0 Å². The van der Waals surface area contributed by atoms with E-state index in [1.54, 1.807) is 12.1 Å². The van der Waals surface area contributed by atoms with Gasteiger partial charge in [-0.05, 0) is 48.9 Å². The fourth-order valence-corrected chi connectivity index (χ4v) is 2.38. The maximum absolute atomic E-state index is 12.9. The molecule has 0 heterocycles. The van der Waals surface area contributed by atoms with E-state index in [0.717, 1.165) is 10.0 Å². The standard InChI is InChI=1S/C17H16BrFN2O2/c1-11-3-8-15(9-16(11)18)21(12(2)22)10-17(23)20-14-6-4-13(19)5-7-14/h3-9H,10H2,1-2H3,(H,20,23). The largest absolute Gasteiger partial charge is 0.325 e. The smallest absolute Gasteiger partial charge is 0.244 e. The van der Waals surface area contributed by atoms with Crippen LogP contribution in [-0.4, -0.2) is 18.4 Å². The molecule has 0 bridgehead atoms. The third-order valence-electron chi connectivity index (χ3n) is 3.28. The Morgan fingerprint density at radius 3 is 2.39 bits per heavy atom. The number of benzene rings is 2. The van der Waals surface area contributed by atoms with Crippen molar-refractivity contribution in [1.29, 1.82) is 0 Å². The lowest BCUT2D eigenvalue weighted by Gasteiger charge is -2.21. The van der Waals surface area contributed by atoms with Gasteiger partial charge in [-0.2, -0.15) is 0 Å². The molecule has 0 aliphatic heterocycles. The van der Waals surface area contributed by atoms with Crippen LogP contribution in [0.15, 0.2) is 46.9 Å². The number of hydrogen-bond donors (Lipinski definition) is 1. The Hall–Kier alpha value is -2.21. The molecule has 0 saturated heterocycles. The van der Waals surface area contributed by atoms with Gasteiger partial charge < -0.3 is 10.2 Å². The van der Waals surface area contributed by atoms with E-state index in [9.17, 15) is 14.0 Å². The van der Waals surface area contributed by atoms with Gasteiger partial charge in [0.2, 0.25) is 11.8 Å². The average Bonchev–Trinajstić information content (AvgIpc) is 2.50. The van der Waals surface area contributed by atoms with Crippen molar-refractivity contribution in [1.82, 2.24) is 0 Å². The maximum atomic E-state index is 12.9. The second-order valence-electron chi connectivity index (χ2n) is 5.09. The zero-order chi connectivity index (χ0) is 17.0. The van der Waals surface area contributed by atoms with E-state index in [2.05, 4.69) is 21.2 Å². The quantitative estimate of drug-likeness (QED) is 0.877. The summed E-state index contributed by atoms with van der Waals surface area (Å²) in [5.41, 5.74) is 2.14. The summed E-state index contributed by atoms with van der Waals surface area (Å²) in [7, 11) is 0. The van der Waals surface area contributed by atoms with Crippen molar-refractivity contribution in [2.75, 3.05) is 16.8 Å². The molecule has 0 fully saturated rings. The maximum Gasteiger partial charge on any atom is 0.244 e. The Morgan fingerprint density at radius 2 is 1.83 bits per heavy atom. The summed E-state index contributed by atoms with van der Waals surface area (Å²) in [4.78, 5) is 25.4. The molecule has 4 nitrogen and oxygen atoms in total. The predicted octanol–water partition coefficient (Wildman–Crippen LogP) is 3.89. The van der Waals surface area contributed by atoms with Gasteiger partial charge in [-0.25, -0.2) is 4.39 Å². The van der Waals surface area contributed by atoms with E-state index in [-0.39, 0.29) is 24.2 Å². The number of anilines is 2. The van der Waals surface area contributed by atoms with E-state index in [0.29, 0.717) is 11.4 Å². The lowest BCUT2D eigenvalue weighted by atomic mass is 10.2. The first-order chi connectivity index (χ1) is 10.9. The molecule has 0 saturated carbocycles. The molecule has 0 spiro atoms. The number of amides is 2. The molecule has 0 aliphatic rings. The van der Waals surface area contributed by atoms with Gasteiger partial charge >= 0.3 is 0 Å². The van der Waals surface area contributed by atoms with Gasteiger partial charge in [-0.3, -0.25) is 9.59 Å². The van der Waals surface area contributed by atoms with Crippen LogP contribution in [0, 0.1) is 12.7 Å². The van der Waals surface area contributed by atoms with Crippen LogP contribution in [0.5, 0.6) is 0 Å². The van der Waals surface area contributed by atoms with E-state index in [1.807, 2.05) is 13.0 Å². The predicted molar refractivity (Wildman–Crippen MR) is 91.9 cm³/mol. The molecular weight excluding hydrogens is 363 g/mol. The molecule has 23 heavy (non-hydrogen) atoms. The average molecular weight is 379 g/mol. The van der Waals surface area contributed by atoms with Crippen molar-refractivity contribution in [3.63, 3.8) is 0 Å². The van der Waals surface area contributed by atoms with Gasteiger partial charge in [0.1, 0.15) is 12.4 Å². The zero-order valence-corrected chi connectivity index (χ0v) is 14.4. The van der Waals surface area contributed by atoms with Crippen molar-refractivity contribution in [3.8, 4) is 0 Å². The number of aryl methyl sites for hydroxylation is 1. The normalized spacial score (nSPS) is 10.3. The molecule has 2 aromatic rings. The minimum absolute atomic E-state index is 0.123. The van der Waals surface area contributed by atoms with Crippen LogP contribution in [0.2, 0.25) is 0 Å². The number of nitrogens with zero attached hydrogens (tertiary/aromatic N) is 1. The van der Waals surface area contributed by atoms with E-state index < -0.39 is 0 Å². The molecule has 0 atom stereocenters. The molecule has 1 N–H and O–H groups in total. The summed E-state index contributed by atoms with van der Waals surface area (Å²) in [5.74, 6) is -0.976. The lowest BCUT2D eigenvalue weighted by Crippen LogP contribution is -2.36. The number of carbonyl (C=O) groups excluding carboxylic acids is 2. The highest BCUT2D eigenvalue weighted by Crippen LogP contribution is 2.23. The second-order valence-corrected chi connectivity index (χ2v) is 5.95. The molecule has 6 heteroatoms. The van der Waals surface area contributed by atoms with Crippen molar-refractivity contribution in [3.05, 3.63) is 58.3 Å². The Kier molecular flexibility index (Phi) is 5.50. The minimum Gasteiger partial charge on any atom is -0.325 e. The van der Waals surface area contributed by atoms with Crippen LogP contribution < -0.4 is 10.2 Å². The second kappa shape index (κ2) is 7.37. The number of carbonyl (C=O) groups is 2. The topological polar surface area (TPSA) is 49.4 Å². The number of halogens is 2. The van der Waals surface area contributed by atoms with Crippen molar-refractivity contribution in [2.45, 2.75) is 13.8 Å². The van der Waals surface area contributed by atoms with Gasteiger partial charge in [0.05, 0.1) is 0 Å². The lowest BCUT2D eigenvalue weighted by molar-refractivity contribution is -0.120. The van der Waals surface area contributed by atoms with Crippen LogP contribution in [0.25, 0.3) is 0 Å². The van der Waals surface area contributed by atoms with E-state index in [1.165, 1.54) is 36.1 Å². The SMILES string of the molecule is CC(=O)N(CC(=O)Nc1ccc(F)cc1)c1ccc(C)c(Br)c1. The summed E-state index contributed by atoms with van der Waals surface area (Å²) >= 11 is 3.42. The summed E-state index contributed by atoms with van der Waals surface area (Å²) in [6.45, 7) is 3.22. The molecule has 2 rings (SSSR count). The van der Waals surface area contributed by atoms with Crippen LogP contribution in [0.3, 0.4) is 0 Å². The van der Waals surface area contributed by atoms with Crippen LogP contribution in [0.4, 0.5) is 15.8 Å². The highest BCUT2D eigenvalue weighted by molar-refractivity contribution is 9.10. The molecule has 0 aliphatic carbocycles. The monoisotopic (exact) mass is 378 g/mol. The van der Waals surface area contributed by atoms with Gasteiger partial charge in [0.25, 0.3) is 0 Å². The summed E-state index contributed by atoms with van der Waals surface area (Å²) in [6, 6.07) is 10.9. The van der Waals surface area contributed by atoms with Gasteiger partial charge in [0, 0.05) is 22.8 Å². The molecule has 0 radical (unpaired) electrons. The Morgan fingerprint density at radius 1 is 1.17 bits per heavy atom. The number of nitrogens with one attached hydrogen (secondary N) is 1. The molecule has 2 amide bonds. The highest BCUT2D eigenvalue weighted by atomic mass is 79.9. The van der Waals surface area contributed by atoms with Crippen molar-refractivity contribution in [2.24, 2.45) is 0 Å². The number of rotatable bonds is 4. The van der Waals surface area contributed by atoms with Gasteiger partial charge in [0.15, 0.2) is 0 Å². The molecule has 0 unspecified atom stereocenters. The molecule has 0 aromatic heterocycles. The molecule has 120 valence electrons. The third-order valence-corrected chi connectivity index (χ3v) is 4.13. The minimum atomic E-state index is -0.377. The fraction of sp³-hybridized carbons (Fsp3) is 0.176. The molecular formula is C17H16BrFN2O2. The van der Waals surface area contributed by atoms with Crippen LogP contribution >= 0.6 is 15.9 Å². The summed E-state index contributed by atoms with van der Waals surface area (Å²) in [5, 5.41) is 2.64. The van der Waals surface area contributed by atoms with E-state index >= 15 is 0 Å². The highest BCUT2D eigenvalue weighted by Gasteiger charge is 2.16. The number of hydrogen-bond acceptors (Lipinski definition) is 2. The first-order valence-electron chi connectivity index (χ1n) is 6.96. The van der Waals surface area contributed by atoms with Crippen LogP contribution in [0.1, 0.15) is 12.5 Å². The fourth-order valence-electron chi connectivity index (χ4n) is 2.01. The van der Waals surface area contributed by atoms with Crippen molar-refractivity contribution < 1.29 is 14.0 Å². The summed E-state index contributed by atoms with van der Waals surface area (Å²) in [6.07, 6.45) is 0. The third kappa shape index (κ3) is 4.63. The first-order valence-corrected chi connectivity index (χ1v) is 7.76. The zero-order valence-electron chi connectivity index (χ0n) is 12.8. The Bertz CT molecular complexity index is 732. The van der Waals surface area contributed by atoms with Crippen molar-refractivity contribution >= 4 is 39.1 Å². The first kappa shape index (κ1) is 17.1. The summed E-state index contributed by atoms with van der Waals surface area (Å²) < 4.78 is 13.7. The molecule has 2 aromatic carbocycles. The Balaban J connectivity index is 2.12.